The summed E-state index contributed by atoms with van der Waals surface area (Å²) in [4.78, 5) is 4.93. The molecule has 0 atom stereocenters. The van der Waals surface area contributed by atoms with Gasteiger partial charge in [0.05, 0.1) is 11.9 Å². The van der Waals surface area contributed by atoms with E-state index < -0.39 is 0 Å². The zero-order valence-electron chi connectivity index (χ0n) is 10.1. The molecule has 1 aromatic carbocycles. The van der Waals surface area contributed by atoms with Gasteiger partial charge in [-0.15, -0.1) is 0 Å². The normalized spacial score (nSPS) is 19.2. The number of benzene rings is 1. The summed E-state index contributed by atoms with van der Waals surface area (Å²) < 4.78 is 0. The van der Waals surface area contributed by atoms with Crippen molar-refractivity contribution in [3.05, 3.63) is 23.8 Å². The molecule has 1 aromatic rings. The van der Waals surface area contributed by atoms with Crippen LogP contribution >= 0.6 is 0 Å². The summed E-state index contributed by atoms with van der Waals surface area (Å²) in [5.74, 6) is 0. The van der Waals surface area contributed by atoms with Gasteiger partial charge in [-0.2, -0.15) is 10.5 Å². The molecule has 0 spiro atoms. The highest BCUT2D eigenvalue weighted by atomic mass is 15.3. The smallest absolute Gasteiger partial charge is 0.0966 e. The highest BCUT2D eigenvalue weighted by molar-refractivity contribution is 5.96. The van der Waals surface area contributed by atoms with E-state index >= 15 is 0 Å². The number of anilines is 1. The first kappa shape index (κ1) is 10.6. The second-order valence-corrected chi connectivity index (χ2v) is 4.48. The van der Waals surface area contributed by atoms with Crippen LogP contribution in [0, 0.1) is 0 Å². The SMILES string of the molecule is CCN1CCN(c2cccc3c2C=N[N]3)CC1. The number of nitrogens with zero attached hydrogens (tertiary/aromatic N) is 4. The Morgan fingerprint density at radius 2 is 2.00 bits per heavy atom. The van der Waals surface area contributed by atoms with Crippen LogP contribution in [0.15, 0.2) is 23.3 Å². The molecular formula is C13H17N4. The molecule has 4 heteroatoms. The molecule has 1 saturated heterocycles. The minimum atomic E-state index is 1.00. The quantitative estimate of drug-likeness (QED) is 0.768. The summed E-state index contributed by atoms with van der Waals surface area (Å²) in [5, 5.41) is 4.00. The molecule has 0 saturated carbocycles. The summed E-state index contributed by atoms with van der Waals surface area (Å²) in [6.45, 7) is 7.86. The predicted molar refractivity (Wildman–Crippen MR) is 70.2 cm³/mol. The van der Waals surface area contributed by atoms with E-state index in [1.165, 1.54) is 11.3 Å². The summed E-state index contributed by atoms with van der Waals surface area (Å²) in [6.07, 6.45) is 1.87. The maximum atomic E-state index is 4.12. The van der Waals surface area contributed by atoms with Crippen molar-refractivity contribution in [2.24, 2.45) is 5.10 Å². The maximum Gasteiger partial charge on any atom is 0.0966 e. The van der Waals surface area contributed by atoms with E-state index in [-0.39, 0.29) is 0 Å². The van der Waals surface area contributed by atoms with Crippen LogP contribution in [0.4, 0.5) is 11.4 Å². The molecule has 0 bridgehead atoms. The zero-order chi connectivity index (χ0) is 11.7. The highest BCUT2D eigenvalue weighted by Gasteiger charge is 2.20. The van der Waals surface area contributed by atoms with Crippen molar-refractivity contribution in [2.45, 2.75) is 6.92 Å². The first-order chi connectivity index (χ1) is 8.38. The van der Waals surface area contributed by atoms with Gasteiger partial charge in [-0.25, -0.2) is 0 Å². The van der Waals surface area contributed by atoms with Crippen LogP contribution in [0.5, 0.6) is 0 Å². The average Bonchev–Trinajstić information content (AvgIpc) is 2.87. The van der Waals surface area contributed by atoms with E-state index in [4.69, 9.17) is 0 Å². The molecule has 0 unspecified atom stereocenters. The van der Waals surface area contributed by atoms with Crippen molar-refractivity contribution in [3.63, 3.8) is 0 Å². The van der Waals surface area contributed by atoms with Gasteiger partial charge in [0.25, 0.3) is 0 Å². The van der Waals surface area contributed by atoms with Gasteiger partial charge in [0.1, 0.15) is 0 Å². The number of fused-ring (bicyclic) bond motifs is 1. The third-order valence-corrected chi connectivity index (χ3v) is 3.57. The van der Waals surface area contributed by atoms with Gasteiger partial charge in [0, 0.05) is 37.4 Å². The molecule has 0 aliphatic carbocycles. The van der Waals surface area contributed by atoms with Gasteiger partial charge >= 0.3 is 0 Å². The lowest BCUT2D eigenvalue weighted by Crippen LogP contribution is -2.46. The molecule has 2 aliphatic rings. The lowest BCUT2D eigenvalue weighted by Gasteiger charge is -2.36. The second kappa shape index (κ2) is 4.37. The molecule has 2 aliphatic heterocycles. The molecule has 2 heterocycles. The van der Waals surface area contributed by atoms with Crippen molar-refractivity contribution < 1.29 is 0 Å². The lowest BCUT2D eigenvalue weighted by atomic mass is 10.1. The summed E-state index contributed by atoms with van der Waals surface area (Å²) >= 11 is 0. The third kappa shape index (κ3) is 1.89. The lowest BCUT2D eigenvalue weighted by molar-refractivity contribution is 0.271. The first-order valence-corrected chi connectivity index (χ1v) is 6.23. The Bertz CT molecular complexity index is 433. The second-order valence-electron chi connectivity index (χ2n) is 4.48. The van der Waals surface area contributed by atoms with Crippen LogP contribution in [-0.4, -0.2) is 43.8 Å². The Balaban J connectivity index is 1.81. The molecule has 0 N–H and O–H groups in total. The topological polar surface area (TPSA) is 32.9 Å². The average molecular weight is 229 g/mol. The van der Waals surface area contributed by atoms with E-state index in [0.717, 1.165) is 38.4 Å². The van der Waals surface area contributed by atoms with Crippen LogP contribution in [0.1, 0.15) is 12.5 Å². The van der Waals surface area contributed by atoms with Gasteiger partial charge in [-0.3, -0.25) is 0 Å². The van der Waals surface area contributed by atoms with E-state index in [1.54, 1.807) is 0 Å². The predicted octanol–water partition coefficient (Wildman–Crippen LogP) is 1.41. The van der Waals surface area contributed by atoms with Crippen molar-refractivity contribution >= 4 is 17.6 Å². The van der Waals surface area contributed by atoms with Crippen LogP contribution in [0.3, 0.4) is 0 Å². The molecular weight excluding hydrogens is 212 g/mol. The molecule has 0 aromatic heterocycles. The molecule has 89 valence electrons. The van der Waals surface area contributed by atoms with Crippen LogP contribution in [-0.2, 0) is 0 Å². The van der Waals surface area contributed by atoms with Gasteiger partial charge in [0.2, 0.25) is 0 Å². The van der Waals surface area contributed by atoms with Crippen LogP contribution in [0.2, 0.25) is 0 Å². The number of hydrogen-bond donors (Lipinski definition) is 0. The number of likely N-dealkylation sites (N-methyl/N-ethyl adjacent to an activating group) is 1. The fraction of sp³-hybridized carbons (Fsp3) is 0.462. The van der Waals surface area contributed by atoms with E-state index in [2.05, 4.69) is 39.4 Å². The van der Waals surface area contributed by atoms with Gasteiger partial charge in [-0.1, -0.05) is 13.0 Å². The van der Waals surface area contributed by atoms with Crippen LogP contribution < -0.4 is 10.3 Å². The fourth-order valence-corrected chi connectivity index (χ4v) is 2.49. The van der Waals surface area contributed by atoms with Gasteiger partial charge in [-0.05, 0) is 18.7 Å². The number of hydrogen-bond acceptors (Lipinski definition) is 3. The first-order valence-electron chi connectivity index (χ1n) is 6.23. The summed E-state index contributed by atoms with van der Waals surface area (Å²) in [5.41, 5.74) is 7.58. The minimum Gasteiger partial charge on any atom is -0.368 e. The monoisotopic (exact) mass is 229 g/mol. The standard InChI is InChI=1S/C13H17N4/c1-2-16-6-8-17(9-7-16)13-5-3-4-12-11(13)10-14-15-12/h3-5,10H,2,6-9H2,1H3. The van der Waals surface area contributed by atoms with Crippen molar-refractivity contribution in [2.75, 3.05) is 37.6 Å². The van der Waals surface area contributed by atoms with Crippen molar-refractivity contribution in [3.8, 4) is 0 Å². The van der Waals surface area contributed by atoms with Crippen molar-refractivity contribution in [1.82, 2.24) is 10.3 Å². The van der Waals surface area contributed by atoms with E-state index in [1.807, 2.05) is 12.3 Å². The fourth-order valence-electron chi connectivity index (χ4n) is 2.49. The Labute approximate surface area is 102 Å². The Morgan fingerprint density at radius 1 is 1.18 bits per heavy atom. The molecule has 0 amide bonds. The van der Waals surface area contributed by atoms with Gasteiger partial charge < -0.3 is 9.80 Å². The molecule has 17 heavy (non-hydrogen) atoms. The zero-order valence-corrected chi connectivity index (χ0v) is 10.1. The molecule has 1 radical (unpaired) electrons. The van der Waals surface area contributed by atoms with E-state index in [0.29, 0.717) is 0 Å². The number of piperazine rings is 1. The summed E-state index contributed by atoms with van der Waals surface area (Å²) in [7, 11) is 0. The molecule has 4 nitrogen and oxygen atoms in total. The van der Waals surface area contributed by atoms with Crippen molar-refractivity contribution in [1.29, 1.82) is 0 Å². The highest BCUT2D eigenvalue weighted by Crippen LogP contribution is 2.29. The Morgan fingerprint density at radius 3 is 2.76 bits per heavy atom. The van der Waals surface area contributed by atoms with Crippen LogP contribution in [0.25, 0.3) is 0 Å². The molecule has 1 fully saturated rings. The maximum absolute atomic E-state index is 4.12. The van der Waals surface area contributed by atoms with Gasteiger partial charge in [0.15, 0.2) is 0 Å². The Kier molecular flexibility index (Phi) is 2.73. The largest absolute Gasteiger partial charge is 0.368 e. The third-order valence-electron chi connectivity index (χ3n) is 3.57. The number of rotatable bonds is 2. The summed E-state index contributed by atoms with van der Waals surface area (Å²) in [6, 6.07) is 6.26. The minimum absolute atomic E-state index is 1.00. The Hall–Kier alpha value is -1.55. The molecule has 3 rings (SSSR count). The van der Waals surface area contributed by atoms with E-state index in [9.17, 15) is 0 Å².